The van der Waals surface area contributed by atoms with Gasteiger partial charge in [-0.05, 0) is 6.92 Å². The van der Waals surface area contributed by atoms with E-state index in [1.807, 2.05) is 0 Å². The number of hydrogen-bond donors (Lipinski definition) is 2. The molecule has 4 N–H and O–H groups in total. The van der Waals surface area contributed by atoms with Crippen LogP contribution < -0.4 is 11.7 Å². The number of nitrogens with two attached hydrogens (primary N) is 2. The molecule has 0 aromatic carbocycles. The Balaban J connectivity index is 2.63. The minimum absolute atomic E-state index is 0.507. The molecule has 0 amide bonds. The van der Waals surface area contributed by atoms with E-state index in [9.17, 15) is 0 Å². The molecule has 0 aromatic rings. The molecule has 0 aliphatic rings. The quantitative estimate of drug-likeness (QED) is 0.337. The van der Waals surface area contributed by atoms with E-state index in [1.165, 1.54) is 0 Å². The van der Waals surface area contributed by atoms with E-state index in [0.29, 0.717) is 11.9 Å². The van der Waals surface area contributed by atoms with Gasteiger partial charge in [0.25, 0.3) is 0 Å². The van der Waals surface area contributed by atoms with Gasteiger partial charge in [0, 0.05) is 0 Å². The van der Waals surface area contributed by atoms with Gasteiger partial charge in [-0.15, -0.1) is 0 Å². The number of hydrogen-bond acceptors (Lipinski definition) is 4. The first-order valence-corrected chi connectivity index (χ1v) is 1.69. The molecule has 0 fully saturated rings. The van der Waals surface area contributed by atoms with Crippen molar-refractivity contribution in [1.82, 2.24) is 5.28 Å². The molecular weight excluding hydrogens is 82.0 g/mol. The summed E-state index contributed by atoms with van der Waals surface area (Å²) in [6.07, 6.45) is 0. The SMILES string of the molecule is CCON(N)N. The lowest BCUT2D eigenvalue weighted by atomic mass is 10.9. The maximum absolute atomic E-state index is 4.79. The first kappa shape index (κ1) is 5.84. The second-order valence-electron chi connectivity index (χ2n) is 0.778. The highest BCUT2D eigenvalue weighted by molar-refractivity contribution is 3.98. The zero-order valence-electron chi connectivity index (χ0n) is 3.72. The summed E-state index contributed by atoms with van der Waals surface area (Å²) < 4.78 is 0. The third-order valence-corrected chi connectivity index (χ3v) is 0.278. The molecule has 0 spiro atoms. The highest BCUT2D eigenvalue weighted by atomic mass is 16.7. The van der Waals surface area contributed by atoms with Gasteiger partial charge in [0.2, 0.25) is 0 Å². The lowest BCUT2D eigenvalue weighted by molar-refractivity contribution is -0.160. The summed E-state index contributed by atoms with van der Waals surface area (Å²) in [6.45, 7) is 2.31. The van der Waals surface area contributed by atoms with Gasteiger partial charge < -0.3 is 0 Å². The predicted molar refractivity (Wildman–Crippen MR) is 21.8 cm³/mol. The van der Waals surface area contributed by atoms with Crippen LogP contribution in [0.3, 0.4) is 0 Å². The van der Waals surface area contributed by atoms with Crippen molar-refractivity contribution in [2.45, 2.75) is 6.92 Å². The summed E-state index contributed by atoms with van der Waals surface area (Å²) in [5, 5.41) is 0.681. The van der Waals surface area contributed by atoms with Gasteiger partial charge in [-0.3, -0.25) is 4.84 Å². The summed E-state index contributed by atoms with van der Waals surface area (Å²) in [6, 6.07) is 0. The van der Waals surface area contributed by atoms with E-state index < -0.39 is 0 Å². The van der Waals surface area contributed by atoms with E-state index >= 15 is 0 Å². The molecule has 0 saturated heterocycles. The minimum Gasteiger partial charge on any atom is -0.270 e. The molecule has 4 heteroatoms. The van der Waals surface area contributed by atoms with Crippen molar-refractivity contribution >= 4 is 0 Å². The van der Waals surface area contributed by atoms with Gasteiger partial charge in [0.05, 0.1) is 6.61 Å². The van der Waals surface area contributed by atoms with Crippen LogP contribution in [0.2, 0.25) is 0 Å². The van der Waals surface area contributed by atoms with Crippen LogP contribution in [0, 0.1) is 0 Å². The van der Waals surface area contributed by atoms with Crippen LogP contribution in [0.1, 0.15) is 6.92 Å². The van der Waals surface area contributed by atoms with Crippen LogP contribution in [-0.4, -0.2) is 11.9 Å². The normalized spacial score (nSPS) is 10.0. The zero-order valence-corrected chi connectivity index (χ0v) is 3.72. The molecule has 38 valence electrons. The summed E-state index contributed by atoms with van der Waals surface area (Å²) in [7, 11) is 0. The highest BCUT2D eigenvalue weighted by Crippen LogP contribution is 1.63. The Labute approximate surface area is 36.6 Å². The number of hydrazine groups is 2. The molecule has 0 bridgehead atoms. The molecule has 0 saturated carbocycles. The largest absolute Gasteiger partial charge is 0.270 e. The van der Waals surface area contributed by atoms with Crippen LogP contribution in [-0.2, 0) is 4.84 Å². The first-order valence-electron chi connectivity index (χ1n) is 1.69. The molecule has 0 atom stereocenters. The Morgan fingerprint density at radius 2 is 2.17 bits per heavy atom. The third-order valence-electron chi connectivity index (χ3n) is 0.278. The molecule has 0 rings (SSSR count). The van der Waals surface area contributed by atoms with E-state index in [2.05, 4.69) is 4.84 Å². The Hall–Kier alpha value is -0.160. The van der Waals surface area contributed by atoms with Gasteiger partial charge in [-0.2, -0.15) is 0 Å². The van der Waals surface area contributed by atoms with Crippen LogP contribution in [0.25, 0.3) is 0 Å². The standard InChI is InChI=1S/C2H9N3O/c1-2-6-5(3)4/h2-4H2,1H3. The lowest BCUT2D eigenvalue weighted by Crippen LogP contribution is -2.37. The van der Waals surface area contributed by atoms with E-state index in [0.717, 1.165) is 0 Å². The zero-order chi connectivity index (χ0) is 4.99. The van der Waals surface area contributed by atoms with Crippen molar-refractivity contribution in [3.63, 3.8) is 0 Å². The van der Waals surface area contributed by atoms with Crippen molar-refractivity contribution in [3.05, 3.63) is 0 Å². The van der Waals surface area contributed by atoms with E-state index in [1.54, 1.807) is 6.92 Å². The van der Waals surface area contributed by atoms with Crippen molar-refractivity contribution in [3.8, 4) is 0 Å². The van der Waals surface area contributed by atoms with Crippen LogP contribution >= 0.6 is 0 Å². The number of rotatable bonds is 2. The monoisotopic (exact) mass is 91.1 g/mol. The maximum Gasteiger partial charge on any atom is 0.0688 e. The Kier molecular flexibility index (Phi) is 2.97. The van der Waals surface area contributed by atoms with Gasteiger partial charge in [0.15, 0.2) is 0 Å². The lowest BCUT2D eigenvalue weighted by Gasteiger charge is -2.04. The average molecular weight is 91.1 g/mol. The molecule has 0 heterocycles. The van der Waals surface area contributed by atoms with Crippen LogP contribution in [0.15, 0.2) is 0 Å². The fourth-order valence-electron chi connectivity index (χ4n) is 0.149. The fraction of sp³-hybridized carbons (Fsp3) is 1.00. The van der Waals surface area contributed by atoms with Gasteiger partial charge in [-0.25, -0.2) is 11.7 Å². The van der Waals surface area contributed by atoms with Gasteiger partial charge in [-0.1, -0.05) is 5.28 Å². The topological polar surface area (TPSA) is 64.5 Å². The predicted octanol–water partition coefficient (Wildman–Crippen LogP) is -1.01. The van der Waals surface area contributed by atoms with E-state index in [4.69, 9.17) is 11.7 Å². The van der Waals surface area contributed by atoms with Crippen molar-refractivity contribution in [1.29, 1.82) is 0 Å². The maximum atomic E-state index is 4.79. The number of nitrogens with zero attached hydrogens (tertiary/aromatic N) is 1. The molecular formula is C2H9N3O. The first-order chi connectivity index (χ1) is 2.77. The minimum atomic E-state index is 0.507. The summed E-state index contributed by atoms with van der Waals surface area (Å²) >= 11 is 0. The second kappa shape index (κ2) is 3.05. The van der Waals surface area contributed by atoms with Crippen molar-refractivity contribution in [2.75, 3.05) is 6.61 Å². The molecule has 4 nitrogen and oxygen atoms in total. The van der Waals surface area contributed by atoms with Crippen LogP contribution in [0.5, 0.6) is 0 Å². The summed E-state index contributed by atoms with van der Waals surface area (Å²) in [5.74, 6) is 9.58. The average Bonchev–Trinajstić information content (AvgIpc) is 1.35. The van der Waals surface area contributed by atoms with Crippen molar-refractivity contribution in [2.24, 2.45) is 11.7 Å². The van der Waals surface area contributed by atoms with Crippen LogP contribution in [0.4, 0.5) is 0 Å². The molecule has 0 unspecified atom stereocenters. The molecule has 0 radical (unpaired) electrons. The Morgan fingerprint density at radius 1 is 1.67 bits per heavy atom. The molecule has 0 aliphatic heterocycles. The van der Waals surface area contributed by atoms with Gasteiger partial charge in [0.1, 0.15) is 0 Å². The fourth-order valence-corrected chi connectivity index (χ4v) is 0.149. The highest BCUT2D eigenvalue weighted by Gasteiger charge is 1.78. The van der Waals surface area contributed by atoms with Crippen molar-refractivity contribution < 1.29 is 4.84 Å². The third kappa shape index (κ3) is 3.84. The van der Waals surface area contributed by atoms with E-state index in [-0.39, 0.29) is 0 Å². The smallest absolute Gasteiger partial charge is 0.0688 e. The Bertz CT molecular complexity index is 30.0. The summed E-state index contributed by atoms with van der Waals surface area (Å²) in [4.78, 5) is 4.43. The molecule has 0 aromatic heterocycles. The second-order valence-corrected chi connectivity index (χ2v) is 0.778. The Morgan fingerprint density at radius 3 is 2.17 bits per heavy atom. The summed E-state index contributed by atoms with van der Waals surface area (Å²) in [5.41, 5.74) is 0. The molecule has 0 aliphatic carbocycles. The van der Waals surface area contributed by atoms with Gasteiger partial charge >= 0.3 is 0 Å². The molecule has 6 heavy (non-hydrogen) atoms.